The van der Waals surface area contributed by atoms with Crippen molar-refractivity contribution >= 4 is 11.8 Å². The molecule has 0 aromatic rings. The average molecular weight is 283 g/mol. The Hall–Kier alpha value is 0.0900. The first kappa shape index (κ1) is 17.1. The van der Waals surface area contributed by atoms with Crippen LogP contribution in [0.5, 0.6) is 0 Å². The van der Waals surface area contributed by atoms with E-state index in [4.69, 9.17) is 0 Å². The summed E-state index contributed by atoms with van der Waals surface area (Å²) in [5.74, 6) is 0. The minimum absolute atomic E-state index is 0.920. The van der Waals surface area contributed by atoms with E-state index in [0.717, 1.165) is 5.25 Å². The molecule has 0 saturated heterocycles. The number of unbranched alkanes of at least 4 members (excludes halogenated alkanes) is 11. The third kappa shape index (κ3) is 10.5. The van der Waals surface area contributed by atoms with Gasteiger partial charge in [0.15, 0.2) is 0 Å². The molecule has 0 spiro atoms. The Balaban J connectivity index is 1.67. The Labute approximate surface area is 125 Å². The molecule has 1 heterocycles. The summed E-state index contributed by atoms with van der Waals surface area (Å²) >= 11 is 2.04. The largest absolute Gasteiger partial charge is 0.131 e. The molecule has 0 amide bonds. The topological polar surface area (TPSA) is 0 Å². The highest BCUT2D eigenvalue weighted by atomic mass is 32.2. The van der Waals surface area contributed by atoms with Crippen LogP contribution in [0.15, 0.2) is 11.5 Å². The molecule has 1 atom stereocenters. The van der Waals surface area contributed by atoms with Crippen molar-refractivity contribution in [1.82, 2.24) is 0 Å². The molecule has 1 aliphatic heterocycles. The van der Waals surface area contributed by atoms with E-state index in [-0.39, 0.29) is 0 Å². The molecule has 1 rings (SSSR count). The highest BCUT2D eigenvalue weighted by molar-refractivity contribution is 8.02. The lowest BCUT2D eigenvalue weighted by molar-refractivity contribution is 0.538. The van der Waals surface area contributed by atoms with Gasteiger partial charge in [-0.15, -0.1) is 11.8 Å². The first-order valence-electron chi connectivity index (χ1n) is 8.74. The number of hydrogen-bond acceptors (Lipinski definition) is 1. The highest BCUT2D eigenvalue weighted by Crippen LogP contribution is 2.28. The quantitative estimate of drug-likeness (QED) is 0.325. The molecule has 0 saturated carbocycles. The van der Waals surface area contributed by atoms with Crippen molar-refractivity contribution in [3.63, 3.8) is 0 Å². The summed E-state index contributed by atoms with van der Waals surface area (Å²) in [5.41, 5.74) is 0. The standard InChI is InChI=1S/C18H34S/c1-2-3-4-5-6-7-8-9-10-11-12-13-15-18-16-14-17-19-18/h14,17-18H,2-13,15-16H2,1H3. The fraction of sp³-hybridized carbons (Fsp3) is 0.889. The molecule has 0 aliphatic carbocycles. The van der Waals surface area contributed by atoms with E-state index in [1.807, 2.05) is 11.8 Å². The molecule has 1 unspecified atom stereocenters. The summed E-state index contributed by atoms with van der Waals surface area (Å²) in [7, 11) is 0. The minimum Gasteiger partial charge on any atom is -0.131 e. The van der Waals surface area contributed by atoms with Crippen LogP contribution in [0.1, 0.15) is 96.8 Å². The molecule has 1 aliphatic rings. The molecular formula is C18H34S. The molecule has 0 aromatic heterocycles. The summed E-state index contributed by atoms with van der Waals surface area (Å²) in [6.07, 6.45) is 22.6. The van der Waals surface area contributed by atoms with Gasteiger partial charge in [0.05, 0.1) is 0 Å². The first-order valence-corrected chi connectivity index (χ1v) is 9.68. The second-order valence-electron chi connectivity index (χ2n) is 6.04. The van der Waals surface area contributed by atoms with Gasteiger partial charge in [-0.1, -0.05) is 90.0 Å². The van der Waals surface area contributed by atoms with Crippen LogP contribution in [0.2, 0.25) is 0 Å². The fourth-order valence-electron chi connectivity index (χ4n) is 2.83. The SMILES string of the molecule is CCCCCCCCCCCCCCC1CC=CS1. The number of rotatable bonds is 13. The lowest BCUT2D eigenvalue weighted by Gasteiger charge is -2.07. The predicted molar refractivity (Wildman–Crippen MR) is 90.8 cm³/mol. The Kier molecular flexibility index (Phi) is 11.8. The van der Waals surface area contributed by atoms with Crippen LogP contribution < -0.4 is 0 Å². The molecule has 1 heteroatoms. The van der Waals surface area contributed by atoms with Gasteiger partial charge in [-0.2, -0.15) is 0 Å². The van der Waals surface area contributed by atoms with Gasteiger partial charge in [0.25, 0.3) is 0 Å². The number of hydrogen-bond donors (Lipinski definition) is 0. The zero-order valence-corrected chi connectivity index (χ0v) is 13.9. The van der Waals surface area contributed by atoms with E-state index < -0.39 is 0 Å². The van der Waals surface area contributed by atoms with E-state index in [1.165, 1.54) is 89.9 Å². The number of allylic oxidation sites excluding steroid dienone is 1. The zero-order chi connectivity index (χ0) is 13.6. The Morgan fingerprint density at radius 1 is 0.789 bits per heavy atom. The Morgan fingerprint density at radius 2 is 1.32 bits per heavy atom. The summed E-state index contributed by atoms with van der Waals surface area (Å²) in [5, 5.41) is 3.20. The Bertz CT molecular complexity index is 202. The molecule has 0 N–H and O–H groups in total. The molecule has 0 bridgehead atoms. The maximum Gasteiger partial charge on any atom is 0.0123 e. The summed E-state index contributed by atoms with van der Waals surface area (Å²) in [6, 6.07) is 0. The summed E-state index contributed by atoms with van der Waals surface area (Å²) in [6.45, 7) is 2.29. The lowest BCUT2D eigenvalue weighted by atomic mass is 10.0. The molecular weight excluding hydrogens is 248 g/mol. The van der Waals surface area contributed by atoms with Gasteiger partial charge in [-0.25, -0.2) is 0 Å². The maximum absolute atomic E-state index is 2.33. The van der Waals surface area contributed by atoms with Crippen molar-refractivity contribution in [2.75, 3.05) is 0 Å². The van der Waals surface area contributed by atoms with Crippen LogP contribution in [0, 0.1) is 0 Å². The van der Waals surface area contributed by atoms with E-state index in [1.54, 1.807) is 0 Å². The summed E-state index contributed by atoms with van der Waals surface area (Å²) < 4.78 is 0. The van der Waals surface area contributed by atoms with Crippen molar-refractivity contribution < 1.29 is 0 Å². The van der Waals surface area contributed by atoms with Crippen molar-refractivity contribution in [2.24, 2.45) is 0 Å². The summed E-state index contributed by atoms with van der Waals surface area (Å²) in [4.78, 5) is 0. The second-order valence-corrected chi connectivity index (χ2v) is 7.25. The average Bonchev–Trinajstić information content (AvgIpc) is 2.93. The van der Waals surface area contributed by atoms with Gasteiger partial charge in [0.1, 0.15) is 0 Å². The van der Waals surface area contributed by atoms with Crippen LogP contribution in [0.25, 0.3) is 0 Å². The van der Waals surface area contributed by atoms with Crippen LogP contribution in [-0.4, -0.2) is 5.25 Å². The lowest BCUT2D eigenvalue weighted by Crippen LogP contribution is -1.95. The third-order valence-electron chi connectivity index (χ3n) is 4.15. The molecule has 0 fully saturated rings. The van der Waals surface area contributed by atoms with Gasteiger partial charge in [-0.05, 0) is 18.2 Å². The van der Waals surface area contributed by atoms with Gasteiger partial charge >= 0.3 is 0 Å². The van der Waals surface area contributed by atoms with E-state index >= 15 is 0 Å². The third-order valence-corrected chi connectivity index (χ3v) is 5.31. The monoisotopic (exact) mass is 282 g/mol. The predicted octanol–water partition coefficient (Wildman–Crippen LogP) is 7.10. The van der Waals surface area contributed by atoms with Crippen molar-refractivity contribution in [1.29, 1.82) is 0 Å². The fourth-order valence-corrected chi connectivity index (χ4v) is 3.80. The maximum atomic E-state index is 2.33. The van der Waals surface area contributed by atoms with Gasteiger partial charge in [0.2, 0.25) is 0 Å². The van der Waals surface area contributed by atoms with Crippen molar-refractivity contribution in [2.45, 2.75) is 102 Å². The molecule has 0 aromatic carbocycles. The molecule has 112 valence electrons. The van der Waals surface area contributed by atoms with E-state index in [2.05, 4.69) is 18.4 Å². The zero-order valence-electron chi connectivity index (χ0n) is 13.0. The van der Waals surface area contributed by atoms with Gasteiger partial charge in [-0.3, -0.25) is 0 Å². The van der Waals surface area contributed by atoms with Crippen LogP contribution >= 0.6 is 11.8 Å². The Morgan fingerprint density at radius 3 is 1.79 bits per heavy atom. The normalized spacial score (nSPS) is 18.3. The van der Waals surface area contributed by atoms with Crippen LogP contribution in [-0.2, 0) is 0 Å². The second kappa shape index (κ2) is 13.1. The van der Waals surface area contributed by atoms with Crippen LogP contribution in [0.4, 0.5) is 0 Å². The smallest absolute Gasteiger partial charge is 0.0123 e. The highest BCUT2D eigenvalue weighted by Gasteiger charge is 2.09. The molecule has 0 radical (unpaired) electrons. The van der Waals surface area contributed by atoms with Crippen LogP contribution in [0.3, 0.4) is 0 Å². The number of thioether (sulfide) groups is 1. The minimum atomic E-state index is 0.920. The molecule has 19 heavy (non-hydrogen) atoms. The van der Waals surface area contributed by atoms with E-state index in [0.29, 0.717) is 0 Å². The van der Waals surface area contributed by atoms with Gasteiger partial charge in [0, 0.05) is 5.25 Å². The van der Waals surface area contributed by atoms with Gasteiger partial charge < -0.3 is 0 Å². The van der Waals surface area contributed by atoms with E-state index in [9.17, 15) is 0 Å². The van der Waals surface area contributed by atoms with Crippen molar-refractivity contribution in [3.05, 3.63) is 11.5 Å². The van der Waals surface area contributed by atoms with Crippen molar-refractivity contribution in [3.8, 4) is 0 Å². The first-order chi connectivity index (χ1) is 9.43. The molecule has 0 nitrogen and oxygen atoms in total.